The summed E-state index contributed by atoms with van der Waals surface area (Å²) in [5.74, 6) is -4.37. The van der Waals surface area contributed by atoms with Crippen molar-refractivity contribution in [3.05, 3.63) is 64.5 Å². The molecule has 0 atom stereocenters. The number of aliphatic carboxylic acids is 2. The first-order valence-corrected chi connectivity index (χ1v) is 14.4. The summed E-state index contributed by atoms with van der Waals surface area (Å²) in [6.45, 7) is 2.93. The molecule has 0 bridgehead atoms. The van der Waals surface area contributed by atoms with Gasteiger partial charge < -0.3 is 24.4 Å². The van der Waals surface area contributed by atoms with E-state index in [9.17, 15) is 24.3 Å². The topological polar surface area (TPSA) is 136 Å². The van der Waals surface area contributed by atoms with Crippen LogP contribution in [0.3, 0.4) is 0 Å². The quantitative estimate of drug-likeness (QED) is 0.106. The Bertz CT molecular complexity index is 1760. The average Bonchev–Trinajstić information content (AvgIpc) is 3.42. The van der Waals surface area contributed by atoms with Crippen LogP contribution in [-0.4, -0.2) is 54.0 Å². The van der Waals surface area contributed by atoms with E-state index in [0.29, 0.717) is 10.1 Å². The van der Waals surface area contributed by atoms with Gasteiger partial charge in [0.2, 0.25) is 0 Å². The number of methoxy groups -OCH3 is 1. The summed E-state index contributed by atoms with van der Waals surface area (Å²) in [4.78, 5) is 47.3. The van der Waals surface area contributed by atoms with Gasteiger partial charge in [-0.3, -0.25) is 19.2 Å². The number of hydrogen-bond acceptors (Lipinski definition) is 8. The number of carboxylic acids is 2. The van der Waals surface area contributed by atoms with Crippen LogP contribution >= 0.6 is 11.3 Å². The molecule has 0 aliphatic heterocycles. The smallest absolute Gasteiger partial charge is 0.309 e. The van der Waals surface area contributed by atoms with Crippen molar-refractivity contribution in [1.29, 1.82) is 0 Å². The molecule has 0 fully saturated rings. The molecule has 9 nitrogen and oxygen atoms in total. The van der Waals surface area contributed by atoms with Crippen LogP contribution in [0, 0.1) is 17.0 Å². The number of thiophene rings is 1. The van der Waals surface area contributed by atoms with Crippen molar-refractivity contribution < 1.29 is 52.4 Å². The number of carboxylic acid groups (broad SMARTS) is 2. The summed E-state index contributed by atoms with van der Waals surface area (Å²) in [7, 11) is 1.35. The molecule has 0 aliphatic carbocycles. The van der Waals surface area contributed by atoms with Crippen molar-refractivity contribution in [2.75, 3.05) is 20.3 Å². The molecule has 12 heteroatoms. The molecule has 0 radical (unpaired) electrons. The molecule has 232 valence electrons. The fourth-order valence-electron chi connectivity index (χ4n) is 4.42. The van der Waals surface area contributed by atoms with Gasteiger partial charge in [0.1, 0.15) is 0 Å². The van der Waals surface area contributed by atoms with Gasteiger partial charge >= 0.3 is 11.9 Å². The van der Waals surface area contributed by atoms with Crippen LogP contribution in [0.5, 0.6) is 17.2 Å². The molecule has 0 saturated carbocycles. The Morgan fingerprint density at radius 2 is 1.57 bits per heavy atom. The Labute approximate surface area is 255 Å². The van der Waals surface area contributed by atoms with Crippen LogP contribution in [0.2, 0.25) is 0 Å². The fraction of sp³-hybridized carbons (Fsp3) is 0.312. The molecule has 44 heavy (non-hydrogen) atoms. The lowest BCUT2D eigenvalue weighted by atomic mass is 9.87. The summed E-state index contributed by atoms with van der Waals surface area (Å²) in [5, 5.41) is 18.9. The second-order valence-corrected chi connectivity index (χ2v) is 11.8. The maximum Gasteiger partial charge on any atom is 0.309 e. The van der Waals surface area contributed by atoms with E-state index in [1.807, 2.05) is 0 Å². The average molecular weight is 629 g/mol. The van der Waals surface area contributed by atoms with Crippen LogP contribution in [0.1, 0.15) is 59.6 Å². The number of ether oxygens (including phenoxy) is 3. The van der Waals surface area contributed by atoms with E-state index in [2.05, 4.69) is 0 Å². The van der Waals surface area contributed by atoms with E-state index in [4.69, 9.17) is 19.3 Å². The predicted molar refractivity (Wildman–Crippen MR) is 159 cm³/mol. The Balaban J connectivity index is 1.39. The van der Waals surface area contributed by atoms with E-state index < -0.39 is 34.8 Å². The van der Waals surface area contributed by atoms with Gasteiger partial charge in [0.05, 0.1) is 37.0 Å². The van der Waals surface area contributed by atoms with E-state index in [-0.39, 0.29) is 83.1 Å². The summed E-state index contributed by atoms with van der Waals surface area (Å²) >= 11 is 1.04. The van der Waals surface area contributed by atoms with Crippen LogP contribution in [0.25, 0.3) is 20.9 Å². The van der Waals surface area contributed by atoms with Crippen molar-refractivity contribution in [2.24, 2.45) is 5.41 Å². The third kappa shape index (κ3) is 7.13. The molecule has 4 aromatic rings. The highest BCUT2D eigenvalue weighted by Gasteiger charge is 2.31. The molecule has 2 N–H and O–H groups in total. The van der Waals surface area contributed by atoms with Gasteiger partial charge in [-0.25, -0.2) is 8.78 Å². The molecule has 4 rings (SSSR count). The first-order valence-electron chi connectivity index (χ1n) is 13.6. The van der Waals surface area contributed by atoms with Crippen molar-refractivity contribution in [3.63, 3.8) is 0 Å². The second-order valence-electron chi connectivity index (χ2n) is 10.7. The van der Waals surface area contributed by atoms with Crippen molar-refractivity contribution in [1.82, 2.24) is 0 Å². The highest BCUT2D eigenvalue weighted by atomic mass is 32.1. The molecule has 0 saturated heterocycles. The van der Waals surface area contributed by atoms with E-state index in [1.54, 1.807) is 12.1 Å². The highest BCUT2D eigenvalue weighted by molar-refractivity contribution is 7.20. The molecule has 0 aliphatic rings. The zero-order chi connectivity index (χ0) is 32.2. The number of ketones is 2. The lowest BCUT2D eigenvalue weighted by molar-refractivity contribution is -0.146. The summed E-state index contributed by atoms with van der Waals surface area (Å²) in [5.41, 5.74) is -0.985. The number of fused-ring (bicyclic) bond motifs is 2. The number of carbonyl (C=O) groups excluding carboxylic acids is 2. The number of hydrogen-bond donors (Lipinski definition) is 2. The van der Waals surface area contributed by atoms with Gasteiger partial charge in [-0.15, -0.1) is 11.3 Å². The SMILES string of the molecule is COc1cc2sc(C(=O)CC(C)(C)C(=O)O)cc2c(F)c1OCCCOc1ccc2cc(C(=O)CCC(=O)O)ccc2c1F. The summed E-state index contributed by atoms with van der Waals surface area (Å²) in [6, 6.07) is 10.3. The third-order valence-corrected chi connectivity index (χ3v) is 8.08. The minimum atomic E-state index is -1.27. The first kappa shape index (κ1) is 32.3. The molecule has 1 aromatic heterocycles. The standard InChI is InChI=1S/C32H30F2O9S/c1-32(2,31(39)40)16-22(36)26-14-20-25(44-26)15-24(41-3)30(29(20)34)43-12-4-11-42-23-9-6-17-13-18(5-7-19(17)28(23)33)21(35)8-10-27(37)38/h5-7,9,13-15H,4,8,10-12,16H2,1-3H3,(H,37,38)(H,39,40). The van der Waals surface area contributed by atoms with E-state index in [0.717, 1.165) is 11.3 Å². The van der Waals surface area contributed by atoms with Crippen LogP contribution < -0.4 is 14.2 Å². The normalized spacial score (nSPS) is 11.5. The second kappa shape index (κ2) is 13.4. The van der Waals surface area contributed by atoms with Crippen LogP contribution in [0.4, 0.5) is 8.78 Å². The summed E-state index contributed by atoms with van der Waals surface area (Å²) in [6.07, 6.45) is -0.436. The predicted octanol–water partition coefficient (Wildman–Crippen LogP) is 6.92. The van der Waals surface area contributed by atoms with Crippen molar-refractivity contribution in [3.8, 4) is 17.2 Å². The van der Waals surface area contributed by atoms with E-state index in [1.165, 1.54) is 51.3 Å². The van der Waals surface area contributed by atoms with Gasteiger partial charge in [-0.1, -0.05) is 18.2 Å². The maximum absolute atomic E-state index is 15.5. The molecule has 0 unspecified atom stereocenters. The number of benzene rings is 3. The number of Topliss-reactive ketones (excluding diaryl/α,β-unsaturated/α-hetero) is 2. The lowest BCUT2D eigenvalue weighted by Crippen LogP contribution is -2.26. The van der Waals surface area contributed by atoms with Gasteiger partial charge in [-0.2, -0.15) is 0 Å². The zero-order valence-corrected chi connectivity index (χ0v) is 25.0. The molecular weight excluding hydrogens is 598 g/mol. The Hall–Kier alpha value is -4.58. The first-order chi connectivity index (χ1) is 20.8. The number of rotatable bonds is 15. The summed E-state index contributed by atoms with van der Waals surface area (Å²) < 4.78 is 47.5. The maximum atomic E-state index is 15.5. The molecule has 0 amide bonds. The number of carbonyl (C=O) groups is 4. The van der Waals surface area contributed by atoms with E-state index >= 15 is 8.78 Å². The zero-order valence-electron chi connectivity index (χ0n) is 24.2. The Kier molecular flexibility index (Phi) is 9.83. The molecule has 1 heterocycles. The van der Waals surface area contributed by atoms with Crippen molar-refractivity contribution in [2.45, 2.75) is 39.5 Å². The minimum Gasteiger partial charge on any atom is -0.493 e. The van der Waals surface area contributed by atoms with Crippen LogP contribution in [0.15, 0.2) is 42.5 Å². The lowest BCUT2D eigenvalue weighted by Gasteiger charge is -2.16. The monoisotopic (exact) mass is 628 g/mol. The van der Waals surface area contributed by atoms with Gasteiger partial charge in [0.15, 0.2) is 40.4 Å². The molecule has 3 aromatic carbocycles. The molecule has 0 spiro atoms. The minimum absolute atomic E-state index is 0.00146. The van der Waals surface area contributed by atoms with Gasteiger partial charge in [-0.05, 0) is 37.4 Å². The fourth-order valence-corrected chi connectivity index (χ4v) is 5.45. The highest BCUT2D eigenvalue weighted by Crippen LogP contribution is 2.41. The van der Waals surface area contributed by atoms with Crippen LogP contribution in [-0.2, 0) is 9.59 Å². The van der Waals surface area contributed by atoms with Gasteiger partial charge in [0, 0.05) is 46.4 Å². The largest absolute Gasteiger partial charge is 0.493 e. The van der Waals surface area contributed by atoms with Gasteiger partial charge in [0.25, 0.3) is 0 Å². The third-order valence-electron chi connectivity index (χ3n) is 6.96. The van der Waals surface area contributed by atoms with Crippen molar-refractivity contribution >= 4 is 55.7 Å². The molecular formula is C32H30F2O9S. The Morgan fingerprint density at radius 1 is 0.841 bits per heavy atom. The number of halogens is 2. The Morgan fingerprint density at radius 3 is 2.25 bits per heavy atom.